The zero-order valence-corrected chi connectivity index (χ0v) is 21.2. The van der Waals surface area contributed by atoms with Crippen LogP contribution in [-0.2, 0) is 24.9 Å². The number of aromatic carboxylic acids is 1. The molecule has 0 aliphatic carbocycles. The van der Waals surface area contributed by atoms with Crippen LogP contribution in [0.5, 0.6) is 11.6 Å². The topological polar surface area (TPSA) is 112 Å². The number of nitrogens with zero attached hydrogens (tertiary/aromatic N) is 5. The van der Waals surface area contributed by atoms with E-state index >= 15 is 0 Å². The molecule has 0 spiro atoms. The molecule has 2 aromatic heterocycles. The first kappa shape index (κ1) is 26.4. The summed E-state index contributed by atoms with van der Waals surface area (Å²) < 4.78 is 44.6. The molecule has 0 saturated carbocycles. The van der Waals surface area contributed by atoms with Crippen molar-refractivity contribution in [1.29, 1.82) is 0 Å². The van der Waals surface area contributed by atoms with Gasteiger partial charge in [0.1, 0.15) is 24.4 Å². The van der Waals surface area contributed by atoms with Gasteiger partial charge in [0.2, 0.25) is 5.88 Å². The number of likely N-dealkylation sites (tertiary alicyclic amines) is 1. The van der Waals surface area contributed by atoms with E-state index in [1.54, 1.807) is 24.3 Å². The van der Waals surface area contributed by atoms with Crippen LogP contribution in [0.1, 0.15) is 28.4 Å². The Kier molecular flexibility index (Phi) is 7.94. The molecule has 0 amide bonds. The highest BCUT2D eigenvalue weighted by Gasteiger charge is 2.30. The van der Waals surface area contributed by atoms with E-state index < -0.39 is 17.6 Å². The van der Waals surface area contributed by atoms with Gasteiger partial charge in [-0.15, -0.1) is 0 Å². The van der Waals surface area contributed by atoms with Gasteiger partial charge in [0.05, 0.1) is 23.1 Å². The maximum Gasteiger partial charge on any atom is 0.335 e. The molecule has 0 atom stereocenters. The summed E-state index contributed by atoms with van der Waals surface area (Å²) in [7, 11) is 1.87. The van der Waals surface area contributed by atoms with Gasteiger partial charge in [-0.3, -0.25) is 4.90 Å². The van der Waals surface area contributed by atoms with Crippen LogP contribution in [0.25, 0.3) is 11.0 Å². The Morgan fingerprint density at radius 2 is 1.90 bits per heavy atom. The van der Waals surface area contributed by atoms with Gasteiger partial charge >= 0.3 is 5.97 Å². The van der Waals surface area contributed by atoms with Crippen LogP contribution in [0.2, 0.25) is 0 Å². The lowest BCUT2D eigenvalue weighted by Gasteiger charge is -2.38. The second-order valence-electron chi connectivity index (χ2n) is 9.17. The second kappa shape index (κ2) is 11.7. The lowest BCUT2D eigenvalue weighted by Crippen LogP contribution is -2.53. The number of aromatic nitrogens is 4. The van der Waals surface area contributed by atoms with E-state index in [1.165, 1.54) is 18.7 Å². The first-order valence-corrected chi connectivity index (χ1v) is 12.4. The fraction of sp³-hybridized carbons (Fsp3) is 0.333. The SMILES string of the molecule is C1COC1.Cn1c(CN2CC(Oc3ccnc(COc4ccc(F)cc4F)n3)C2)nc2ccc(C(=O)O)cc21. The van der Waals surface area contributed by atoms with Crippen LogP contribution in [-0.4, -0.2) is 67.9 Å². The van der Waals surface area contributed by atoms with Gasteiger partial charge in [0.25, 0.3) is 0 Å². The minimum Gasteiger partial charge on any atom is -0.483 e. The Morgan fingerprint density at radius 3 is 2.59 bits per heavy atom. The zero-order valence-electron chi connectivity index (χ0n) is 21.2. The first-order valence-electron chi connectivity index (χ1n) is 12.4. The minimum absolute atomic E-state index is 0.0680. The molecule has 0 bridgehead atoms. The molecular weight excluding hydrogens is 512 g/mol. The van der Waals surface area contributed by atoms with E-state index in [0.717, 1.165) is 42.2 Å². The van der Waals surface area contributed by atoms with Gasteiger partial charge in [-0.2, -0.15) is 4.98 Å². The highest BCUT2D eigenvalue weighted by Crippen LogP contribution is 2.22. The molecule has 1 N–H and O–H groups in total. The normalized spacial score (nSPS) is 15.2. The predicted octanol–water partition coefficient (Wildman–Crippen LogP) is 3.59. The van der Waals surface area contributed by atoms with Crippen LogP contribution in [0.15, 0.2) is 48.7 Å². The molecule has 204 valence electrons. The number of carboxylic acid groups (broad SMARTS) is 1. The molecule has 4 aromatic rings. The van der Waals surface area contributed by atoms with Crippen molar-refractivity contribution in [3.05, 3.63) is 77.5 Å². The molecule has 0 unspecified atom stereocenters. The quantitative estimate of drug-likeness (QED) is 0.359. The van der Waals surface area contributed by atoms with Gasteiger partial charge in [0, 0.05) is 51.7 Å². The summed E-state index contributed by atoms with van der Waals surface area (Å²) in [6.45, 7) is 3.84. The summed E-state index contributed by atoms with van der Waals surface area (Å²) in [5, 5.41) is 9.21. The van der Waals surface area contributed by atoms with Crippen LogP contribution < -0.4 is 9.47 Å². The fourth-order valence-electron chi connectivity index (χ4n) is 4.01. The molecule has 6 rings (SSSR count). The third-order valence-corrected chi connectivity index (χ3v) is 6.30. The molecule has 2 aliphatic rings. The minimum atomic E-state index is -0.973. The highest BCUT2D eigenvalue weighted by molar-refractivity contribution is 5.92. The number of rotatable bonds is 8. The predicted molar refractivity (Wildman–Crippen MR) is 136 cm³/mol. The van der Waals surface area contributed by atoms with E-state index in [4.69, 9.17) is 14.2 Å². The van der Waals surface area contributed by atoms with E-state index in [1.807, 2.05) is 11.6 Å². The summed E-state index contributed by atoms with van der Waals surface area (Å²) in [6.07, 6.45) is 2.74. The van der Waals surface area contributed by atoms with Crippen molar-refractivity contribution in [2.24, 2.45) is 7.05 Å². The van der Waals surface area contributed by atoms with Gasteiger partial charge in [0.15, 0.2) is 17.4 Å². The number of aryl methyl sites for hydroxylation is 1. The lowest BCUT2D eigenvalue weighted by atomic mass is 10.1. The van der Waals surface area contributed by atoms with Gasteiger partial charge in [-0.1, -0.05) is 0 Å². The number of hydrogen-bond donors (Lipinski definition) is 1. The number of fused-ring (bicyclic) bond motifs is 1. The van der Waals surface area contributed by atoms with Gasteiger partial charge in [-0.25, -0.2) is 23.5 Å². The van der Waals surface area contributed by atoms with Gasteiger partial charge in [-0.05, 0) is 36.8 Å². The summed E-state index contributed by atoms with van der Waals surface area (Å²) in [5.41, 5.74) is 1.74. The van der Waals surface area contributed by atoms with Crippen molar-refractivity contribution in [2.45, 2.75) is 25.7 Å². The zero-order chi connectivity index (χ0) is 27.4. The first-order chi connectivity index (χ1) is 18.9. The highest BCUT2D eigenvalue weighted by atomic mass is 19.1. The summed E-state index contributed by atoms with van der Waals surface area (Å²) in [6, 6.07) is 9.59. The van der Waals surface area contributed by atoms with Crippen LogP contribution in [0.4, 0.5) is 8.78 Å². The van der Waals surface area contributed by atoms with Crippen molar-refractivity contribution >= 4 is 17.0 Å². The Labute approximate surface area is 222 Å². The molecule has 2 saturated heterocycles. The number of imidazole rings is 1. The second-order valence-corrected chi connectivity index (χ2v) is 9.17. The Morgan fingerprint density at radius 1 is 1.13 bits per heavy atom. The Bertz CT molecular complexity index is 1470. The summed E-state index contributed by atoms with van der Waals surface area (Å²) in [5.74, 6) is -1.02. The van der Waals surface area contributed by atoms with Crippen molar-refractivity contribution in [3.63, 3.8) is 0 Å². The van der Waals surface area contributed by atoms with Crippen molar-refractivity contribution in [1.82, 2.24) is 24.4 Å². The number of carboxylic acids is 1. The largest absolute Gasteiger partial charge is 0.483 e. The van der Waals surface area contributed by atoms with E-state index in [0.29, 0.717) is 31.3 Å². The number of carbonyl (C=O) groups is 1. The van der Waals surface area contributed by atoms with E-state index in [-0.39, 0.29) is 24.0 Å². The average molecular weight is 540 g/mol. The third-order valence-electron chi connectivity index (χ3n) is 6.30. The molecule has 10 nitrogen and oxygen atoms in total. The van der Waals surface area contributed by atoms with Crippen molar-refractivity contribution < 1.29 is 32.9 Å². The Balaban J connectivity index is 0.000000707. The molecule has 12 heteroatoms. The molecule has 2 aliphatic heterocycles. The molecule has 2 aromatic carbocycles. The number of hydrogen-bond acceptors (Lipinski definition) is 8. The number of ether oxygens (including phenoxy) is 3. The van der Waals surface area contributed by atoms with Crippen molar-refractivity contribution in [3.8, 4) is 11.6 Å². The average Bonchev–Trinajstić information content (AvgIpc) is 3.16. The number of benzene rings is 2. The van der Waals surface area contributed by atoms with Gasteiger partial charge < -0.3 is 23.9 Å². The van der Waals surface area contributed by atoms with Crippen LogP contribution in [0, 0.1) is 11.6 Å². The van der Waals surface area contributed by atoms with E-state index in [2.05, 4.69) is 19.9 Å². The number of halogens is 2. The maximum atomic E-state index is 13.7. The Hall–Kier alpha value is -4.16. The van der Waals surface area contributed by atoms with Crippen molar-refractivity contribution in [2.75, 3.05) is 26.3 Å². The fourth-order valence-corrected chi connectivity index (χ4v) is 4.01. The molecule has 2 fully saturated rings. The van der Waals surface area contributed by atoms with E-state index in [9.17, 15) is 18.7 Å². The van der Waals surface area contributed by atoms with Crippen LogP contribution in [0.3, 0.4) is 0 Å². The molecular formula is C27H27F2N5O5. The molecule has 0 radical (unpaired) electrons. The lowest BCUT2D eigenvalue weighted by molar-refractivity contribution is 0.00958. The molecule has 39 heavy (non-hydrogen) atoms. The standard InChI is InChI=1S/C24H21F2N5O4.C3H6O/c1-30-19-8-14(24(32)33)2-4-18(19)28-22(30)12-31-10-16(11-31)35-23-6-7-27-21(29-23)13-34-20-5-3-15(25)9-17(20)26;1-2-4-3-1/h2-9,16H,10-13H2,1H3,(H,32,33);1-3H2. The maximum absolute atomic E-state index is 13.7. The third kappa shape index (κ3) is 6.47. The summed E-state index contributed by atoms with van der Waals surface area (Å²) >= 11 is 0. The summed E-state index contributed by atoms with van der Waals surface area (Å²) in [4.78, 5) is 26.4. The monoisotopic (exact) mass is 539 g/mol. The molecule has 4 heterocycles. The van der Waals surface area contributed by atoms with Crippen LogP contribution >= 0.6 is 0 Å². The smallest absolute Gasteiger partial charge is 0.335 e.